The van der Waals surface area contributed by atoms with Crippen molar-refractivity contribution in [1.29, 1.82) is 0 Å². The second kappa shape index (κ2) is 9.42. The third-order valence-electron chi connectivity index (χ3n) is 8.98. The van der Waals surface area contributed by atoms with Crippen molar-refractivity contribution in [2.75, 3.05) is 4.90 Å². The molecular weight excluding hydrogens is 534 g/mol. The van der Waals surface area contributed by atoms with Gasteiger partial charge < -0.3 is 9.47 Å². The first-order chi connectivity index (χ1) is 21.6. The summed E-state index contributed by atoms with van der Waals surface area (Å²) in [5.74, 6) is 0. The van der Waals surface area contributed by atoms with Crippen molar-refractivity contribution < 1.29 is 0 Å². The van der Waals surface area contributed by atoms with Crippen LogP contribution in [-0.2, 0) is 0 Å². The lowest BCUT2D eigenvalue weighted by atomic mass is 9.89. The minimum Gasteiger partial charge on any atom is -0.309 e. The third-order valence-corrected chi connectivity index (χ3v) is 8.98. The second-order valence-electron chi connectivity index (χ2n) is 11.9. The molecule has 6 aromatic carbocycles. The van der Waals surface area contributed by atoms with Gasteiger partial charge >= 0.3 is 0 Å². The van der Waals surface area contributed by atoms with Crippen LogP contribution >= 0.6 is 0 Å². The maximum Gasteiger partial charge on any atom is 0.0702 e. The van der Waals surface area contributed by atoms with E-state index in [0.717, 1.165) is 16.9 Å². The normalized spacial score (nSPS) is 12.3. The molecule has 3 nitrogen and oxygen atoms in total. The number of anilines is 3. The predicted octanol–water partition coefficient (Wildman–Crippen LogP) is 11.1. The van der Waals surface area contributed by atoms with Gasteiger partial charge in [0.1, 0.15) is 0 Å². The Labute approximate surface area is 256 Å². The molecule has 0 N–H and O–H groups in total. The van der Waals surface area contributed by atoms with Crippen molar-refractivity contribution >= 4 is 49.6 Å². The largest absolute Gasteiger partial charge is 0.309 e. The summed E-state index contributed by atoms with van der Waals surface area (Å²) in [6, 6.07) is 48.6. The molecule has 0 saturated carbocycles. The van der Waals surface area contributed by atoms with E-state index in [1.165, 1.54) is 71.9 Å². The smallest absolute Gasteiger partial charge is 0.0702 e. The lowest BCUT2D eigenvalue weighted by Crippen LogP contribution is -2.15. The quantitative estimate of drug-likeness (QED) is 0.213. The Morgan fingerprint density at radius 1 is 0.523 bits per heavy atom. The van der Waals surface area contributed by atoms with E-state index in [9.17, 15) is 0 Å². The van der Waals surface area contributed by atoms with Crippen LogP contribution in [0.3, 0.4) is 0 Å². The highest BCUT2D eigenvalue weighted by Crippen LogP contribution is 2.53. The van der Waals surface area contributed by atoms with Gasteiger partial charge in [-0.2, -0.15) is 0 Å². The molecular formula is C41H29N3. The van der Waals surface area contributed by atoms with Crippen molar-refractivity contribution in [2.45, 2.75) is 13.8 Å². The molecule has 0 unspecified atom stereocenters. The van der Waals surface area contributed by atoms with E-state index in [4.69, 9.17) is 0 Å². The molecule has 3 heteroatoms. The van der Waals surface area contributed by atoms with Crippen molar-refractivity contribution in [1.82, 2.24) is 9.55 Å². The number of fused-ring (bicyclic) bond motifs is 5. The maximum absolute atomic E-state index is 4.67. The summed E-state index contributed by atoms with van der Waals surface area (Å²) in [6.45, 7) is 4.37. The fourth-order valence-electron chi connectivity index (χ4n) is 7.22. The Hall–Kier alpha value is -5.67. The van der Waals surface area contributed by atoms with Gasteiger partial charge in [-0.05, 0) is 103 Å². The van der Waals surface area contributed by atoms with E-state index < -0.39 is 0 Å². The second-order valence-corrected chi connectivity index (χ2v) is 11.9. The van der Waals surface area contributed by atoms with Crippen LogP contribution in [0.1, 0.15) is 11.1 Å². The molecule has 0 bridgehead atoms. The first kappa shape index (κ1) is 24.9. The first-order valence-corrected chi connectivity index (χ1v) is 15.1. The highest BCUT2D eigenvalue weighted by molar-refractivity contribution is 6.19. The standard InChI is InChI=1S/C41H29N3/c1-26-20-27(2)22-31(21-26)44-38-16-9-11-28-10-8-14-32(41(28)38)34-24-35-33-23-29(36-15-6-7-19-42-36)17-18-37(33)43(40(35)25-39(34)44)30-12-4-3-5-13-30/h3-25H,1-2H3. The molecule has 3 heterocycles. The summed E-state index contributed by atoms with van der Waals surface area (Å²) in [7, 11) is 0. The van der Waals surface area contributed by atoms with Gasteiger partial charge in [0.25, 0.3) is 0 Å². The number of hydrogen-bond donors (Lipinski definition) is 0. The molecule has 1 aliphatic rings. The highest BCUT2D eigenvalue weighted by Gasteiger charge is 2.28. The van der Waals surface area contributed by atoms with E-state index in [1.54, 1.807) is 0 Å². The molecule has 44 heavy (non-hydrogen) atoms. The van der Waals surface area contributed by atoms with Gasteiger partial charge in [-0.3, -0.25) is 4.98 Å². The molecule has 1 aliphatic heterocycles. The Morgan fingerprint density at radius 2 is 1.30 bits per heavy atom. The Morgan fingerprint density at radius 3 is 2.09 bits per heavy atom. The molecule has 9 rings (SSSR count). The average Bonchev–Trinajstić information content (AvgIpc) is 3.37. The summed E-state index contributed by atoms with van der Waals surface area (Å²) in [5.41, 5.74) is 14.2. The number of hydrogen-bond acceptors (Lipinski definition) is 2. The summed E-state index contributed by atoms with van der Waals surface area (Å²) < 4.78 is 2.41. The van der Waals surface area contributed by atoms with Gasteiger partial charge in [0.05, 0.1) is 28.1 Å². The van der Waals surface area contributed by atoms with E-state index in [2.05, 4.69) is 156 Å². The maximum atomic E-state index is 4.67. The van der Waals surface area contributed by atoms with Gasteiger partial charge in [-0.15, -0.1) is 0 Å². The minimum atomic E-state index is 0.979. The van der Waals surface area contributed by atoms with Gasteiger partial charge in [0.2, 0.25) is 0 Å². The number of para-hydroxylation sites is 1. The molecule has 0 aliphatic carbocycles. The van der Waals surface area contributed by atoms with Crippen LogP contribution in [-0.4, -0.2) is 9.55 Å². The van der Waals surface area contributed by atoms with Crippen LogP contribution in [0.2, 0.25) is 0 Å². The lowest BCUT2D eigenvalue weighted by Gasteiger charge is -2.34. The Kier molecular flexibility index (Phi) is 5.33. The monoisotopic (exact) mass is 563 g/mol. The molecule has 208 valence electrons. The van der Waals surface area contributed by atoms with E-state index in [1.807, 2.05) is 12.3 Å². The van der Waals surface area contributed by atoms with Crippen LogP contribution in [0.5, 0.6) is 0 Å². The van der Waals surface area contributed by atoms with Crippen molar-refractivity contribution in [3.8, 4) is 28.1 Å². The minimum absolute atomic E-state index is 0.979. The fraction of sp³-hybridized carbons (Fsp3) is 0.0488. The Bertz CT molecular complexity index is 2380. The van der Waals surface area contributed by atoms with Crippen molar-refractivity contribution in [2.24, 2.45) is 0 Å². The van der Waals surface area contributed by atoms with E-state index in [0.29, 0.717) is 0 Å². The van der Waals surface area contributed by atoms with Crippen LogP contribution in [0.15, 0.2) is 140 Å². The van der Waals surface area contributed by atoms with E-state index in [-0.39, 0.29) is 0 Å². The molecule has 0 atom stereocenters. The number of aryl methyl sites for hydroxylation is 2. The SMILES string of the molecule is Cc1cc(C)cc(N2c3cc4c(cc3-c3cccc5cccc2c35)c2cc(-c3ccccn3)ccc2n4-c2ccccc2)c1. The Balaban J connectivity index is 1.43. The molecule has 0 amide bonds. The number of rotatable bonds is 3. The topological polar surface area (TPSA) is 21.1 Å². The number of nitrogens with zero attached hydrogens (tertiary/aromatic N) is 3. The summed E-state index contributed by atoms with van der Waals surface area (Å²) >= 11 is 0. The summed E-state index contributed by atoms with van der Waals surface area (Å²) in [4.78, 5) is 7.13. The molecule has 8 aromatic rings. The van der Waals surface area contributed by atoms with Gasteiger partial charge in [0, 0.05) is 44.9 Å². The van der Waals surface area contributed by atoms with Crippen molar-refractivity contribution in [3.63, 3.8) is 0 Å². The third kappa shape index (κ3) is 3.66. The van der Waals surface area contributed by atoms with E-state index >= 15 is 0 Å². The fourth-order valence-corrected chi connectivity index (χ4v) is 7.22. The molecule has 0 radical (unpaired) electrons. The number of aromatic nitrogens is 2. The van der Waals surface area contributed by atoms with Crippen LogP contribution in [0.4, 0.5) is 17.1 Å². The van der Waals surface area contributed by atoms with Crippen LogP contribution in [0.25, 0.3) is 60.6 Å². The predicted molar refractivity (Wildman–Crippen MR) is 185 cm³/mol. The van der Waals surface area contributed by atoms with Crippen LogP contribution in [0, 0.1) is 13.8 Å². The summed E-state index contributed by atoms with van der Waals surface area (Å²) in [5, 5.41) is 5.00. The number of pyridine rings is 1. The lowest BCUT2D eigenvalue weighted by molar-refractivity contribution is 1.18. The molecule has 0 fully saturated rings. The molecule has 0 saturated heterocycles. The van der Waals surface area contributed by atoms with Crippen molar-refractivity contribution in [3.05, 3.63) is 151 Å². The summed E-state index contributed by atoms with van der Waals surface area (Å²) in [6.07, 6.45) is 1.86. The molecule has 2 aromatic heterocycles. The zero-order valence-electron chi connectivity index (χ0n) is 24.6. The van der Waals surface area contributed by atoms with Gasteiger partial charge in [-0.25, -0.2) is 0 Å². The first-order valence-electron chi connectivity index (χ1n) is 15.1. The molecule has 0 spiro atoms. The van der Waals surface area contributed by atoms with Gasteiger partial charge in [0.15, 0.2) is 0 Å². The van der Waals surface area contributed by atoms with Gasteiger partial charge in [-0.1, -0.05) is 66.7 Å². The zero-order valence-corrected chi connectivity index (χ0v) is 24.6. The average molecular weight is 564 g/mol. The number of benzene rings is 6. The highest BCUT2D eigenvalue weighted by atomic mass is 15.2. The van der Waals surface area contributed by atoms with Crippen LogP contribution < -0.4 is 4.90 Å². The zero-order chi connectivity index (χ0) is 29.4.